The summed E-state index contributed by atoms with van der Waals surface area (Å²) in [6, 6.07) is -1.03. The Bertz CT molecular complexity index is 375. The number of carbonyl (C=O) groups excluding carboxylic acids is 1. The van der Waals surface area contributed by atoms with E-state index in [1.54, 1.807) is 6.92 Å². The van der Waals surface area contributed by atoms with Crippen LogP contribution in [0.1, 0.15) is 94.1 Å². The number of rotatable bonds is 14. The molecule has 22 heavy (non-hydrogen) atoms. The van der Waals surface area contributed by atoms with Gasteiger partial charge in [0.15, 0.2) is 0 Å². The number of aliphatic carboxylic acids is 1. The molecule has 0 saturated heterocycles. The van der Waals surface area contributed by atoms with E-state index in [2.05, 4.69) is 12.2 Å². The third-order valence-electron chi connectivity index (χ3n) is 4.08. The average molecular weight is 315 g/mol. The summed E-state index contributed by atoms with van der Waals surface area (Å²) >= 11 is 0. The van der Waals surface area contributed by atoms with Gasteiger partial charge in [-0.15, -0.1) is 0 Å². The third-order valence-corrected chi connectivity index (χ3v) is 4.08. The van der Waals surface area contributed by atoms with Crippen LogP contribution >= 0.6 is 0 Å². The van der Waals surface area contributed by atoms with Crippen LogP contribution in [0.3, 0.4) is 0 Å². The molecule has 0 aromatic heterocycles. The van der Waals surface area contributed by atoms with E-state index in [-0.39, 0.29) is 12.3 Å². The first-order valence-electron chi connectivity index (χ1n) is 9.80. The van der Waals surface area contributed by atoms with Crippen molar-refractivity contribution in [2.45, 2.75) is 97.4 Å². The fourth-order valence-electron chi connectivity index (χ4n) is 2.34. The molecule has 0 rings (SSSR count). The Kier molecular flexibility index (Phi) is 10.7. The molecule has 0 aliphatic heterocycles. The molecule has 0 spiro atoms. The maximum atomic E-state index is 12.1. The molecule has 2 N–H and O–H groups in total. The summed E-state index contributed by atoms with van der Waals surface area (Å²) in [5, 5.41) is 11.6. The standard InChI is InChI=1S/C18H35NO3/c1-4-6-7-8-9-10-11-12-13-14-16(20)19-17(18(21)22)15(3)5-2/h15,17H,4-14H2,1-3H3,(H,19,20)(H,21,22)/t15-,17-/m0/s1/i14D2. The zero-order valence-electron chi connectivity index (χ0n) is 16.5. The van der Waals surface area contributed by atoms with Crippen molar-refractivity contribution >= 4 is 11.9 Å². The number of unbranched alkanes of at least 4 members (excludes halogenated alkanes) is 7. The summed E-state index contributed by atoms with van der Waals surface area (Å²) in [6.45, 7) is 5.78. The van der Waals surface area contributed by atoms with Crippen LogP contribution in [0.15, 0.2) is 0 Å². The molecule has 0 radical (unpaired) electrons. The Morgan fingerprint density at radius 3 is 1.95 bits per heavy atom. The summed E-state index contributed by atoms with van der Waals surface area (Å²) in [5.74, 6) is -2.15. The Morgan fingerprint density at radius 2 is 1.50 bits per heavy atom. The minimum Gasteiger partial charge on any atom is -0.480 e. The van der Waals surface area contributed by atoms with E-state index in [1.165, 1.54) is 25.7 Å². The predicted octanol–water partition coefficient (Wildman–Crippen LogP) is 4.52. The van der Waals surface area contributed by atoms with Crippen LogP contribution in [0.2, 0.25) is 0 Å². The molecular formula is C18H35NO3. The Morgan fingerprint density at radius 1 is 1.00 bits per heavy atom. The summed E-state index contributed by atoms with van der Waals surface area (Å²) < 4.78 is 15.8. The summed E-state index contributed by atoms with van der Waals surface area (Å²) in [7, 11) is 0. The third kappa shape index (κ3) is 10.6. The lowest BCUT2D eigenvalue weighted by Gasteiger charge is -2.20. The van der Waals surface area contributed by atoms with Gasteiger partial charge in [-0.1, -0.05) is 78.6 Å². The maximum absolute atomic E-state index is 12.1. The second kappa shape index (κ2) is 13.6. The number of hydrogen-bond acceptors (Lipinski definition) is 2. The molecule has 130 valence electrons. The fraction of sp³-hybridized carbons (Fsp3) is 0.889. The van der Waals surface area contributed by atoms with Crippen LogP contribution in [0, 0.1) is 5.92 Å². The summed E-state index contributed by atoms with van der Waals surface area (Å²) in [5.41, 5.74) is 0. The van der Waals surface area contributed by atoms with Crippen LogP contribution in [-0.2, 0) is 9.59 Å². The van der Waals surface area contributed by atoms with Gasteiger partial charge in [-0.05, 0) is 12.3 Å². The highest BCUT2D eigenvalue weighted by Gasteiger charge is 2.24. The lowest BCUT2D eigenvalue weighted by Crippen LogP contribution is -2.44. The van der Waals surface area contributed by atoms with Crippen molar-refractivity contribution in [3.63, 3.8) is 0 Å². The molecule has 0 bridgehead atoms. The monoisotopic (exact) mass is 315 g/mol. The molecule has 4 heteroatoms. The van der Waals surface area contributed by atoms with Crippen LogP contribution < -0.4 is 5.32 Å². The molecule has 0 aliphatic carbocycles. The van der Waals surface area contributed by atoms with Crippen molar-refractivity contribution in [2.24, 2.45) is 5.92 Å². The van der Waals surface area contributed by atoms with Gasteiger partial charge in [0.2, 0.25) is 5.91 Å². The largest absolute Gasteiger partial charge is 0.480 e. The van der Waals surface area contributed by atoms with Crippen molar-refractivity contribution in [2.75, 3.05) is 0 Å². The highest BCUT2D eigenvalue weighted by molar-refractivity contribution is 5.83. The molecule has 0 heterocycles. The lowest BCUT2D eigenvalue weighted by atomic mass is 9.99. The second-order valence-corrected chi connectivity index (χ2v) is 6.08. The molecule has 0 saturated carbocycles. The maximum Gasteiger partial charge on any atom is 0.326 e. The fourth-order valence-corrected chi connectivity index (χ4v) is 2.34. The Balaban J connectivity index is 4.16. The van der Waals surface area contributed by atoms with Crippen LogP contribution in [-0.4, -0.2) is 23.0 Å². The number of carboxylic acid groups (broad SMARTS) is 1. The van der Waals surface area contributed by atoms with Crippen LogP contribution in [0.25, 0.3) is 0 Å². The van der Waals surface area contributed by atoms with Crippen LogP contribution in [0.5, 0.6) is 0 Å². The predicted molar refractivity (Wildman–Crippen MR) is 90.9 cm³/mol. The van der Waals surface area contributed by atoms with Crippen molar-refractivity contribution in [1.82, 2.24) is 5.32 Å². The highest BCUT2D eigenvalue weighted by Crippen LogP contribution is 2.11. The zero-order chi connectivity index (χ0) is 18.6. The first-order valence-corrected chi connectivity index (χ1v) is 8.80. The van der Waals surface area contributed by atoms with E-state index >= 15 is 0 Å². The lowest BCUT2D eigenvalue weighted by molar-refractivity contribution is -0.143. The molecule has 0 unspecified atom stereocenters. The first-order chi connectivity index (χ1) is 11.3. The molecule has 0 aromatic rings. The van der Waals surface area contributed by atoms with E-state index in [0.717, 1.165) is 19.3 Å². The molecular weight excluding hydrogens is 278 g/mol. The van der Waals surface area contributed by atoms with Gasteiger partial charge in [0.25, 0.3) is 0 Å². The number of carboxylic acids is 1. The molecule has 1 amide bonds. The highest BCUT2D eigenvalue weighted by atomic mass is 16.4. The quantitative estimate of drug-likeness (QED) is 0.463. The number of hydrogen-bond donors (Lipinski definition) is 2. The van der Waals surface area contributed by atoms with Gasteiger partial charge < -0.3 is 10.4 Å². The van der Waals surface area contributed by atoms with E-state index < -0.39 is 24.3 Å². The molecule has 4 nitrogen and oxygen atoms in total. The number of amides is 1. The first kappa shape index (κ1) is 17.3. The van der Waals surface area contributed by atoms with E-state index in [1.807, 2.05) is 6.92 Å². The zero-order valence-corrected chi connectivity index (χ0v) is 14.5. The van der Waals surface area contributed by atoms with Crippen LogP contribution in [0.4, 0.5) is 0 Å². The minimum atomic E-state index is -2.01. The van der Waals surface area contributed by atoms with E-state index in [4.69, 9.17) is 2.74 Å². The minimum absolute atomic E-state index is 0.140. The average Bonchev–Trinajstić information content (AvgIpc) is 2.53. The summed E-state index contributed by atoms with van der Waals surface area (Å²) in [4.78, 5) is 23.3. The second-order valence-electron chi connectivity index (χ2n) is 6.08. The van der Waals surface area contributed by atoms with Gasteiger partial charge in [0, 0.05) is 9.11 Å². The van der Waals surface area contributed by atoms with Gasteiger partial charge in [-0.3, -0.25) is 4.79 Å². The van der Waals surface area contributed by atoms with E-state index in [0.29, 0.717) is 12.8 Å². The SMILES string of the molecule is [2H]C([2H])(CCCCCCCCCC)C(=O)N[C@H](C(=O)O)[C@@H](C)CC. The van der Waals surface area contributed by atoms with Crippen molar-refractivity contribution in [3.8, 4) is 0 Å². The van der Waals surface area contributed by atoms with Crippen molar-refractivity contribution < 1.29 is 17.4 Å². The normalized spacial score (nSPS) is 15.6. The van der Waals surface area contributed by atoms with Crippen molar-refractivity contribution in [3.05, 3.63) is 0 Å². The van der Waals surface area contributed by atoms with Gasteiger partial charge in [0.1, 0.15) is 6.04 Å². The molecule has 2 atom stereocenters. The van der Waals surface area contributed by atoms with Gasteiger partial charge in [-0.2, -0.15) is 0 Å². The Labute approximate surface area is 138 Å². The van der Waals surface area contributed by atoms with Crippen molar-refractivity contribution in [1.29, 1.82) is 0 Å². The smallest absolute Gasteiger partial charge is 0.326 e. The van der Waals surface area contributed by atoms with E-state index in [9.17, 15) is 14.7 Å². The molecule has 0 aliphatic rings. The van der Waals surface area contributed by atoms with Gasteiger partial charge in [0.05, 0.1) is 0 Å². The molecule has 0 aromatic carbocycles. The molecule has 0 fully saturated rings. The Hall–Kier alpha value is -1.06. The van der Waals surface area contributed by atoms with Gasteiger partial charge >= 0.3 is 5.97 Å². The topological polar surface area (TPSA) is 66.4 Å². The number of nitrogens with one attached hydrogen (secondary N) is 1. The number of carbonyl (C=O) groups is 2. The summed E-state index contributed by atoms with van der Waals surface area (Å²) in [6.07, 6.45) is 7.48. The van der Waals surface area contributed by atoms with Gasteiger partial charge in [-0.25, -0.2) is 4.79 Å².